The first kappa shape index (κ1) is 10.9. The van der Waals surface area contributed by atoms with E-state index in [0.717, 1.165) is 0 Å². The van der Waals surface area contributed by atoms with Gasteiger partial charge in [-0.1, -0.05) is 0 Å². The Kier molecular flexibility index (Phi) is 8.10. The summed E-state index contributed by atoms with van der Waals surface area (Å²) in [7, 11) is 4.20. The maximum atomic E-state index is 8.61. The minimum atomic E-state index is -5.88. The molecule has 0 heterocycles. The van der Waals surface area contributed by atoms with Gasteiger partial charge in [-0.25, -0.2) is 0 Å². The summed E-state index contributed by atoms with van der Waals surface area (Å²) in [5.74, 6) is 0. The molecule has 7 heteroatoms. The molecule has 0 fully saturated rings. The molecule has 0 atom stereocenters. The van der Waals surface area contributed by atoms with Crippen molar-refractivity contribution in [2.45, 2.75) is 0 Å². The van der Waals surface area contributed by atoms with Crippen molar-refractivity contribution in [3.05, 3.63) is 0 Å². The normalized spacial score (nSPS) is 9.43. The molecule has 0 unspecified atom stereocenters. The van der Waals surface area contributed by atoms with Crippen molar-refractivity contribution in [3.8, 4) is 0 Å². The van der Waals surface area contributed by atoms with Crippen LogP contribution in [-0.4, -0.2) is 14.5 Å². The third-order valence-corrected chi connectivity index (χ3v) is 0. The van der Waals surface area contributed by atoms with E-state index in [1.54, 1.807) is 0 Å². The van der Waals surface area contributed by atoms with E-state index in [4.69, 9.17) is 16.0 Å². The molecule has 0 saturated carbocycles. The van der Waals surface area contributed by atoms with Gasteiger partial charge < -0.3 is 0 Å². The van der Waals surface area contributed by atoms with Gasteiger partial charge in [-0.05, 0) is 0 Å². The second-order valence-corrected chi connectivity index (χ2v) is 2.32. The van der Waals surface area contributed by atoms with Crippen LogP contribution in [-0.2, 0) is 18.8 Å². The summed E-state index contributed by atoms with van der Waals surface area (Å²) in [5.41, 5.74) is 0. The van der Waals surface area contributed by atoms with Crippen LogP contribution in [0.25, 0.3) is 0 Å². The van der Waals surface area contributed by atoms with E-state index >= 15 is 0 Å². The molecule has 0 bridgehead atoms. The van der Waals surface area contributed by atoms with Crippen LogP contribution in [0.4, 0.5) is 0 Å². The minimum absolute atomic E-state index is 3.66. The van der Waals surface area contributed by atoms with Gasteiger partial charge in [0.2, 0.25) is 0 Å². The first-order chi connectivity index (χ1) is 3.00. The predicted octanol–water partition coefficient (Wildman–Crippen LogP) is -3.38. The van der Waals surface area contributed by atoms with Gasteiger partial charge in [0.25, 0.3) is 0 Å². The molecule has 0 radical (unpaired) electrons. The molecule has 0 aliphatic heterocycles. The van der Waals surface area contributed by atoms with Gasteiger partial charge in [-0.15, -0.1) is 0 Å². The standard InChI is InChI=1S/AsH3O4.ClH.Cu/c2-1(3,4)5;;/h(H3,2,3,4,5);1H;/q;;+1/p-4. The average Bonchev–Trinajstić information content (AvgIpc) is 1.36. The molecule has 0 N–H and O–H groups in total. The predicted molar refractivity (Wildman–Crippen MR) is 12.3 cm³/mol. The van der Waals surface area contributed by atoms with Crippen LogP contribution in [0.15, 0.2) is 0 Å². The Labute approximate surface area is 55.9 Å². The number of hydrogen-bond acceptors (Lipinski definition) is 4. The van der Waals surface area contributed by atoms with Crippen LogP contribution in [0, 0.1) is 0 Å². The third kappa shape index (κ3) is 164. The van der Waals surface area contributed by atoms with Crippen LogP contribution in [0.1, 0.15) is 0 Å². The van der Waals surface area contributed by atoms with Crippen molar-refractivity contribution in [2.75, 3.05) is 0 Å². The van der Waals surface area contributed by atoms with Crippen molar-refractivity contribution < 1.29 is 31.1 Å². The second kappa shape index (κ2) is 5.19. The zero-order valence-electron chi connectivity index (χ0n) is 2.76. The molecule has 0 spiro atoms. The Morgan fingerprint density at radius 2 is 1.29 bits per heavy atom. The van der Waals surface area contributed by atoms with E-state index in [1.165, 1.54) is 0 Å². The fourth-order valence-corrected chi connectivity index (χ4v) is 0. The van der Waals surface area contributed by atoms with E-state index in [0.29, 0.717) is 0 Å². The van der Waals surface area contributed by atoms with E-state index < -0.39 is 14.5 Å². The van der Waals surface area contributed by atoms with Crippen LogP contribution in [0.5, 0.6) is 0 Å². The summed E-state index contributed by atoms with van der Waals surface area (Å²) in [4.78, 5) is 0. The summed E-state index contributed by atoms with van der Waals surface area (Å²) in [6, 6.07) is 0. The summed E-state index contributed by atoms with van der Waals surface area (Å²) >= 11 is -2.22. The Bertz CT molecular complexity index is 57.8. The molecule has 4 nitrogen and oxygen atoms in total. The molecule has 0 amide bonds. The van der Waals surface area contributed by atoms with Gasteiger partial charge in [-0.2, -0.15) is 0 Å². The number of rotatable bonds is 0. The van der Waals surface area contributed by atoms with Crippen molar-refractivity contribution in [1.82, 2.24) is 0 Å². The van der Waals surface area contributed by atoms with E-state index in [-0.39, 0.29) is 0 Å². The average molecular weight is 238 g/mol. The number of halogens is 1. The Morgan fingerprint density at radius 1 is 1.29 bits per heavy atom. The van der Waals surface area contributed by atoms with Gasteiger partial charge in [0.05, 0.1) is 0 Å². The van der Waals surface area contributed by atoms with Gasteiger partial charge in [-0.3, -0.25) is 0 Å². The maximum absolute atomic E-state index is 8.61. The summed E-state index contributed by atoms with van der Waals surface area (Å²) in [6.45, 7) is 0. The molecule has 0 rings (SSSR count). The van der Waals surface area contributed by atoms with Crippen LogP contribution < -0.4 is 12.3 Å². The topological polar surface area (TPSA) is 86.2 Å². The van der Waals surface area contributed by atoms with Crippen LogP contribution in [0.2, 0.25) is 0 Å². The summed E-state index contributed by atoms with van der Waals surface area (Å²) in [5, 5.41) is 0. The van der Waals surface area contributed by atoms with E-state index in [9.17, 15) is 0 Å². The van der Waals surface area contributed by atoms with E-state index in [1.807, 2.05) is 0 Å². The fraction of sp³-hybridized carbons (Fsp3) is 0. The van der Waals surface area contributed by atoms with Gasteiger partial charge in [0.1, 0.15) is 0 Å². The molecule has 0 saturated heterocycles. The molecular formula is AsClCuO4-3. The van der Waals surface area contributed by atoms with Crippen molar-refractivity contribution in [1.29, 1.82) is 0 Å². The van der Waals surface area contributed by atoms with Gasteiger partial charge >= 0.3 is 55.7 Å². The number of hydrogen-bond donors (Lipinski definition) is 0. The van der Waals surface area contributed by atoms with Gasteiger partial charge in [0, 0.05) is 0 Å². The quantitative estimate of drug-likeness (QED) is 0.412. The molecule has 0 aromatic carbocycles. The van der Waals surface area contributed by atoms with Gasteiger partial charge in [0.15, 0.2) is 0 Å². The molecule has 0 aliphatic carbocycles. The van der Waals surface area contributed by atoms with Crippen LogP contribution in [0.3, 0.4) is 0 Å². The zero-order chi connectivity index (χ0) is 6.50. The molecule has 0 aliphatic rings. The SMILES string of the molecule is O=[As]([O-])([O-])[O-].[Cl][Cu]. The second-order valence-electron chi connectivity index (χ2n) is 0.447. The van der Waals surface area contributed by atoms with Crippen molar-refractivity contribution in [2.24, 2.45) is 0 Å². The zero-order valence-corrected chi connectivity index (χ0v) is 6.33. The first-order valence-corrected chi connectivity index (χ1v) is 5.20. The molecule has 50 valence electrons. The summed E-state index contributed by atoms with van der Waals surface area (Å²) in [6.07, 6.45) is 0. The Balaban J connectivity index is 0. The third-order valence-electron chi connectivity index (χ3n) is 0. The Morgan fingerprint density at radius 3 is 1.29 bits per heavy atom. The monoisotopic (exact) mass is 237 g/mol. The Hall–Kier alpha value is 1.05. The molecule has 7 heavy (non-hydrogen) atoms. The van der Waals surface area contributed by atoms with Crippen molar-refractivity contribution >= 4 is 24.6 Å². The molecule has 0 aromatic heterocycles. The molecule has 0 aromatic rings. The fourth-order valence-electron chi connectivity index (χ4n) is 0. The van der Waals surface area contributed by atoms with Crippen molar-refractivity contribution in [3.63, 3.8) is 0 Å². The van der Waals surface area contributed by atoms with Crippen LogP contribution >= 0.6 is 10.1 Å². The molecular weight excluding hydrogens is 238 g/mol. The van der Waals surface area contributed by atoms with E-state index in [2.05, 4.69) is 25.2 Å². The summed E-state index contributed by atoms with van der Waals surface area (Å²) < 4.78 is 34.4. The first-order valence-electron chi connectivity index (χ1n) is 0.844.